The number of rotatable bonds is 5. The van der Waals surface area contributed by atoms with Gasteiger partial charge in [-0.3, -0.25) is 4.98 Å². The molecule has 1 N–H and O–H groups in total. The molecule has 0 bridgehead atoms. The lowest BCUT2D eigenvalue weighted by molar-refractivity contribution is 0.373. The summed E-state index contributed by atoms with van der Waals surface area (Å²) in [5.41, 5.74) is 4.48. The molecule has 0 saturated heterocycles. The molecule has 128 valence electrons. The molecule has 2 nitrogen and oxygen atoms in total. The average Bonchev–Trinajstić information content (AvgIpc) is 2.60. The fraction of sp³-hybridized carbons (Fsp3) is 0.381. The number of hydrogen-bond donors (Lipinski definition) is 1. The zero-order valence-electron chi connectivity index (χ0n) is 14.4. The minimum atomic E-state index is 0. The first kappa shape index (κ1) is 18.5. The van der Waals surface area contributed by atoms with E-state index in [4.69, 9.17) is 0 Å². The lowest BCUT2D eigenvalue weighted by Crippen LogP contribution is -2.17. The molecule has 3 rings (SSSR count). The van der Waals surface area contributed by atoms with Gasteiger partial charge in [-0.05, 0) is 61.6 Å². The first-order chi connectivity index (χ1) is 11.3. The predicted octanol–water partition coefficient (Wildman–Crippen LogP) is 5.97. The number of benzene rings is 1. The van der Waals surface area contributed by atoms with Crippen molar-refractivity contribution in [2.45, 2.75) is 39.0 Å². The molecule has 1 heterocycles. The zero-order chi connectivity index (χ0) is 15.9. The van der Waals surface area contributed by atoms with Gasteiger partial charge in [0.05, 0.1) is 5.69 Å². The van der Waals surface area contributed by atoms with Crippen molar-refractivity contribution in [2.24, 2.45) is 5.92 Å². The first-order valence-corrected chi connectivity index (χ1v) is 8.75. The van der Waals surface area contributed by atoms with Crippen LogP contribution in [0.4, 0.5) is 5.69 Å². The molecule has 0 spiro atoms. The van der Waals surface area contributed by atoms with E-state index in [9.17, 15) is 0 Å². The lowest BCUT2D eigenvalue weighted by Gasteiger charge is -2.22. The van der Waals surface area contributed by atoms with Crippen molar-refractivity contribution in [1.82, 2.24) is 4.98 Å². The lowest BCUT2D eigenvalue weighted by atomic mass is 9.89. The second kappa shape index (κ2) is 9.48. The van der Waals surface area contributed by atoms with Crippen LogP contribution in [0.5, 0.6) is 0 Å². The zero-order valence-corrected chi connectivity index (χ0v) is 15.2. The van der Waals surface area contributed by atoms with Crippen molar-refractivity contribution in [3.05, 3.63) is 59.4 Å². The monoisotopic (exact) mass is 342 g/mol. The number of nitrogens with zero attached hydrogens (tertiary/aromatic N) is 1. The minimum Gasteiger partial charge on any atom is -0.385 e. The molecule has 1 aliphatic rings. The Morgan fingerprint density at radius 3 is 2.62 bits per heavy atom. The fourth-order valence-corrected chi connectivity index (χ4v) is 3.24. The highest BCUT2D eigenvalue weighted by Crippen LogP contribution is 2.24. The number of aromatic nitrogens is 1. The van der Waals surface area contributed by atoms with Crippen molar-refractivity contribution in [1.29, 1.82) is 0 Å². The van der Waals surface area contributed by atoms with Crippen LogP contribution in [-0.2, 0) is 0 Å². The number of nitrogens with one attached hydrogen (secondary N) is 1. The molecule has 1 aliphatic carbocycles. The summed E-state index contributed by atoms with van der Waals surface area (Å²) >= 11 is 0. The van der Waals surface area contributed by atoms with Gasteiger partial charge in [-0.15, -0.1) is 12.4 Å². The molecule has 1 fully saturated rings. The second-order valence-corrected chi connectivity index (χ2v) is 6.55. The van der Waals surface area contributed by atoms with Crippen molar-refractivity contribution < 1.29 is 0 Å². The van der Waals surface area contributed by atoms with Crippen LogP contribution in [0.25, 0.3) is 12.2 Å². The second-order valence-electron chi connectivity index (χ2n) is 6.55. The topological polar surface area (TPSA) is 24.9 Å². The SMILES string of the molecule is Cc1cccc(/C=C/c2cccc(NCC3CCCCC3)c2)n1.Cl. The third kappa shape index (κ3) is 5.68. The summed E-state index contributed by atoms with van der Waals surface area (Å²) in [5, 5.41) is 3.61. The maximum Gasteiger partial charge on any atom is 0.0633 e. The van der Waals surface area contributed by atoms with Crippen molar-refractivity contribution in [3.63, 3.8) is 0 Å². The summed E-state index contributed by atoms with van der Waals surface area (Å²) in [5.74, 6) is 0.847. The summed E-state index contributed by atoms with van der Waals surface area (Å²) in [6, 6.07) is 14.7. The van der Waals surface area contributed by atoms with Crippen LogP contribution in [0.3, 0.4) is 0 Å². The largest absolute Gasteiger partial charge is 0.385 e. The van der Waals surface area contributed by atoms with E-state index in [1.165, 1.54) is 43.4 Å². The van der Waals surface area contributed by atoms with E-state index in [1.54, 1.807) is 0 Å². The Bertz CT molecular complexity index is 660. The van der Waals surface area contributed by atoms with E-state index in [0.717, 1.165) is 23.9 Å². The van der Waals surface area contributed by atoms with Crippen LogP contribution in [0, 0.1) is 12.8 Å². The van der Waals surface area contributed by atoms with Crippen LogP contribution < -0.4 is 5.32 Å². The maximum absolute atomic E-state index is 4.51. The number of hydrogen-bond acceptors (Lipinski definition) is 2. The molecular weight excluding hydrogens is 316 g/mol. The Hall–Kier alpha value is -1.80. The number of halogens is 1. The third-order valence-electron chi connectivity index (χ3n) is 4.56. The Morgan fingerprint density at radius 2 is 1.83 bits per heavy atom. The van der Waals surface area contributed by atoms with E-state index in [2.05, 4.69) is 46.7 Å². The molecule has 1 aromatic carbocycles. The third-order valence-corrected chi connectivity index (χ3v) is 4.56. The van der Waals surface area contributed by atoms with Gasteiger partial charge in [0.25, 0.3) is 0 Å². The van der Waals surface area contributed by atoms with E-state index in [0.29, 0.717) is 0 Å². The first-order valence-electron chi connectivity index (χ1n) is 8.75. The molecule has 1 aromatic heterocycles. The Kier molecular flexibility index (Phi) is 7.33. The highest BCUT2D eigenvalue weighted by molar-refractivity contribution is 5.85. The summed E-state index contributed by atoms with van der Waals surface area (Å²) in [4.78, 5) is 4.51. The van der Waals surface area contributed by atoms with Gasteiger partial charge >= 0.3 is 0 Å². The van der Waals surface area contributed by atoms with Crippen molar-refractivity contribution in [2.75, 3.05) is 11.9 Å². The predicted molar refractivity (Wildman–Crippen MR) is 107 cm³/mol. The molecule has 1 saturated carbocycles. The normalized spacial score (nSPS) is 15.2. The minimum absolute atomic E-state index is 0. The molecule has 3 heteroatoms. The van der Waals surface area contributed by atoms with Crippen LogP contribution in [0.2, 0.25) is 0 Å². The van der Waals surface area contributed by atoms with E-state index in [1.807, 2.05) is 25.1 Å². The van der Waals surface area contributed by atoms with Gasteiger partial charge in [-0.25, -0.2) is 0 Å². The smallest absolute Gasteiger partial charge is 0.0633 e. The summed E-state index contributed by atoms with van der Waals surface area (Å²) < 4.78 is 0. The Labute approximate surface area is 151 Å². The van der Waals surface area contributed by atoms with Crippen molar-refractivity contribution >= 4 is 30.2 Å². The number of pyridine rings is 1. The number of anilines is 1. The Balaban J connectivity index is 0.00000208. The standard InChI is InChI=1S/C21H26N2.ClH/c1-17-7-5-11-20(23-17)14-13-18-10-6-12-21(15-18)22-16-19-8-3-2-4-9-19;/h5-7,10-15,19,22H,2-4,8-9,16H2,1H3;1H/b14-13+;. The van der Waals surface area contributed by atoms with Gasteiger partial charge in [0, 0.05) is 17.9 Å². The highest BCUT2D eigenvalue weighted by atomic mass is 35.5. The molecule has 0 unspecified atom stereocenters. The molecule has 0 aliphatic heterocycles. The molecule has 24 heavy (non-hydrogen) atoms. The van der Waals surface area contributed by atoms with Crippen LogP contribution >= 0.6 is 12.4 Å². The van der Waals surface area contributed by atoms with E-state index >= 15 is 0 Å². The van der Waals surface area contributed by atoms with Crippen molar-refractivity contribution in [3.8, 4) is 0 Å². The quantitative estimate of drug-likeness (QED) is 0.723. The molecule has 0 amide bonds. The molecular formula is C21H27ClN2. The van der Waals surface area contributed by atoms with E-state index in [-0.39, 0.29) is 12.4 Å². The average molecular weight is 343 g/mol. The summed E-state index contributed by atoms with van der Waals surface area (Å²) in [6.45, 7) is 3.12. The number of aryl methyl sites for hydroxylation is 1. The summed E-state index contributed by atoms with van der Waals surface area (Å²) in [7, 11) is 0. The van der Waals surface area contributed by atoms with Crippen LogP contribution in [0.1, 0.15) is 49.1 Å². The molecule has 0 radical (unpaired) electrons. The van der Waals surface area contributed by atoms with Crippen LogP contribution in [-0.4, -0.2) is 11.5 Å². The Morgan fingerprint density at radius 1 is 1.04 bits per heavy atom. The molecule has 0 atom stereocenters. The highest BCUT2D eigenvalue weighted by Gasteiger charge is 2.12. The van der Waals surface area contributed by atoms with Gasteiger partial charge in [-0.1, -0.05) is 43.5 Å². The van der Waals surface area contributed by atoms with E-state index < -0.39 is 0 Å². The van der Waals surface area contributed by atoms with Gasteiger partial charge in [0.2, 0.25) is 0 Å². The fourth-order valence-electron chi connectivity index (χ4n) is 3.24. The molecule has 2 aromatic rings. The maximum atomic E-state index is 4.51. The summed E-state index contributed by atoms with van der Waals surface area (Å²) in [6.07, 6.45) is 11.2. The van der Waals surface area contributed by atoms with Gasteiger partial charge < -0.3 is 5.32 Å². The van der Waals surface area contributed by atoms with Gasteiger partial charge in [0.15, 0.2) is 0 Å². The van der Waals surface area contributed by atoms with Gasteiger partial charge in [-0.2, -0.15) is 0 Å². The van der Waals surface area contributed by atoms with Gasteiger partial charge in [0.1, 0.15) is 0 Å². The van der Waals surface area contributed by atoms with Crippen LogP contribution in [0.15, 0.2) is 42.5 Å².